The maximum absolute atomic E-state index is 13.8. The molecule has 1 amide bonds. The number of rotatable bonds is 5. The molecule has 0 saturated carbocycles. The number of anilines is 1. The highest BCUT2D eigenvalue weighted by Crippen LogP contribution is 2.30. The highest BCUT2D eigenvalue weighted by molar-refractivity contribution is 5.98. The molecule has 34 heavy (non-hydrogen) atoms. The van der Waals surface area contributed by atoms with Crippen molar-refractivity contribution in [3.8, 4) is 5.69 Å². The first kappa shape index (κ1) is 23.7. The minimum atomic E-state index is -4.43. The average molecular weight is 473 g/mol. The van der Waals surface area contributed by atoms with Crippen molar-refractivity contribution in [2.75, 3.05) is 18.4 Å². The first-order valence-corrected chi connectivity index (χ1v) is 11.2. The number of carbonyl (C=O) groups is 1. The van der Waals surface area contributed by atoms with Gasteiger partial charge in [-0.1, -0.05) is 13.0 Å². The van der Waals surface area contributed by atoms with Crippen molar-refractivity contribution >= 4 is 11.7 Å². The quantitative estimate of drug-likeness (QED) is 0.585. The minimum absolute atomic E-state index is 0.113. The van der Waals surface area contributed by atoms with E-state index in [0.29, 0.717) is 30.2 Å². The molecule has 1 fully saturated rings. The second kappa shape index (κ2) is 9.44. The zero-order valence-corrected chi connectivity index (χ0v) is 19.3. The number of likely N-dealkylation sites (tertiary alicyclic amines) is 1. The van der Waals surface area contributed by atoms with E-state index in [0.717, 1.165) is 36.2 Å². The van der Waals surface area contributed by atoms with Crippen molar-refractivity contribution in [2.24, 2.45) is 5.92 Å². The lowest BCUT2D eigenvalue weighted by Crippen LogP contribution is -2.51. The van der Waals surface area contributed by atoms with Crippen LogP contribution in [0.4, 0.5) is 19.0 Å². The van der Waals surface area contributed by atoms with Crippen LogP contribution in [0, 0.1) is 19.8 Å². The predicted molar refractivity (Wildman–Crippen MR) is 122 cm³/mol. The molecule has 1 N–H and O–H groups in total. The molecule has 1 aliphatic heterocycles. The topological polar surface area (TPSA) is 75.9 Å². The van der Waals surface area contributed by atoms with Crippen LogP contribution >= 0.6 is 0 Å². The molecule has 10 heteroatoms. The van der Waals surface area contributed by atoms with Crippen LogP contribution in [0.1, 0.15) is 46.8 Å². The van der Waals surface area contributed by atoms with Gasteiger partial charge in [0.25, 0.3) is 5.91 Å². The Hall–Kier alpha value is -3.43. The van der Waals surface area contributed by atoms with Crippen LogP contribution in [0.5, 0.6) is 0 Å². The Kier molecular flexibility index (Phi) is 6.58. The summed E-state index contributed by atoms with van der Waals surface area (Å²) in [6.45, 7) is 6.93. The van der Waals surface area contributed by atoms with E-state index in [4.69, 9.17) is 0 Å². The van der Waals surface area contributed by atoms with E-state index in [1.54, 1.807) is 12.4 Å². The van der Waals surface area contributed by atoms with Gasteiger partial charge in [-0.2, -0.15) is 28.2 Å². The average Bonchev–Trinajstić information content (AvgIpc) is 3.31. The van der Waals surface area contributed by atoms with Crippen LogP contribution in [-0.2, 0) is 6.18 Å². The molecule has 0 unspecified atom stereocenters. The number of pyridine rings is 1. The van der Waals surface area contributed by atoms with Crippen LogP contribution in [0.15, 0.2) is 42.9 Å². The number of piperidine rings is 1. The molecule has 3 heterocycles. The second-order valence-electron chi connectivity index (χ2n) is 8.79. The molecule has 0 bridgehead atoms. The summed E-state index contributed by atoms with van der Waals surface area (Å²) in [4.78, 5) is 21.1. The summed E-state index contributed by atoms with van der Waals surface area (Å²) in [6.07, 6.45) is 1.35. The summed E-state index contributed by atoms with van der Waals surface area (Å²) in [5, 5.41) is 11.6. The molecular formula is C24H27F3N6O. The van der Waals surface area contributed by atoms with Gasteiger partial charge in [0.1, 0.15) is 11.5 Å². The lowest BCUT2D eigenvalue weighted by atomic mass is 9.89. The van der Waals surface area contributed by atoms with Gasteiger partial charge in [0, 0.05) is 19.3 Å². The molecule has 0 spiro atoms. The first-order valence-electron chi connectivity index (χ1n) is 11.2. The molecular weight excluding hydrogens is 445 g/mol. The van der Waals surface area contributed by atoms with Crippen molar-refractivity contribution in [3.63, 3.8) is 0 Å². The number of carbonyl (C=O) groups excluding carboxylic acids is 1. The summed E-state index contributed by atoms with van der Waals surface area (Å²) in [7, 11) is 0. The van der Waals surface area contributed by atoms with E-state index in [1.807, 2.05) is 30.9 Å². The number of benzene rings is 1. The second-order valence-corrected chi connectivity index (χ2v) is 8.79. The zero-order valence-electron chi connectivity index (χ0n) is 19.3. The number of amides is 1. The van der Waals surface area contributed by atoms with Crippen LogP contribution in [-0.4, -0.2) is 49.9 Å². The summed E-state index contributed by atoms with van der Waals surface area (Å²) in [6, 6.07) is 6.01. The number of nitrogens with one attached hydrogen (secondary N) is 1. The largest absolute Gasteiger partial charge is 0.417 e. The summed E-state index contributed by atoms with van der Waals surface area (Å²) < 4.78 is 38.5. The van der Waals surface area contributed by atoms with Gasteiger partial charge in [-0.15, -0.1) is 0 Å². The Morgan fingerprint density at radius 3 is 2.56 bits per heavy atom. The van der Waals surface area contributed by atoms with Gasteiger partial charge < -0.3 is 10.2 Å². The van der Waals surface area contributed by atoms with E-state index in [2.05, 4.69) is 27.4 Å². The van der Waals surface area contributed by atoms with Gasteiger partial charge in [-0.25, -0.2) is 4.98 Å². The third-order valence-electron chi connectivity index (χ3n) is 6.25. The van der Waals surface area contributed by atoms with Gasteiger partial charge in [-0.3, -0.25) is 4.79 Å². The number of hydrogen-bond acceptors (Lipinski definition) is 5. The minimum Gasteiger partial charge on any atom is -0.368 e. The normalized spacial score (nSPS) is 18.7. The fourth-order valence-electron chi connectivity index (χ4n) is 4.56. The van der Waals surface area contributed by atoms with Gasteiger partial charge in [0.2, 0.25) is 0 Å². The van der Waals surface area contributed by atoms with Crippen molar-refractivity contribution in [1.29, 1.82) is 0 Å². The van der Waals surface area contributed by atoms with E-state index in [1.165, 1.54) is 10.9 Å². The number of aromatic nitrogens is 4. The molecule has 1 aromatic carbocycles. The predicted octanol–water partition coefficient (Wildman–Crippen LogP) is 4.65. The fraction of sp³-hybridized carbons (Fsp3) is 0.417. The lowest BCUT2D eigenvalue weighted by Gasteiger charge is -2.40. The third kappa shape index (κ3) is 4.90. The van der Waals surface area contributed by atoms with Crippen molar-refractivity contribution in [2.45, 2.75) is 45.8 Å². The molecule has 2 atom stereocenters. The molecule has 2 aromatic heterocycles. The van der Waals surface area contributed by atoms with E-state index in [9.17, 15) is 18.0 Å². The molecule has 1 saturated heterocycles. The van der Waals surface area contributed by atoms with Crippen LogP contribution in [0.3, 0.4) is 0 Å². The molecule has 0 aliphatic carbocycles. The fourth-order valence-corrected chi connectivity index (χ4v) is 4.56. The van der Waals surface area contributed by atoms with Crippen LogP contribution in [0.2, 0.25) is 0 Å². The summed E-state index contributed by atoms with van der Waals surface area (Å²) >= 11 is 0. The maximum Gasteiger partial charge on any atom is 0.417 e. The highest BCUT2D eigenvalue weighted by Gasteiger charge is 2.34. The Morgan fingerprint density at radius 2 is 1.91 bits per heavy atom. The van der Waals surface area contributed by atoms with Crippen molar-refractivity contribution < 1.29 is 18.0 Å². The SMILES string of the molecule is Cc1cc(C)c(-n2nccn2)c(C(=O)N2CCC[C@@H](C)[C@H]2CNc2ccc(C(F)(F)F)cn2)c1. The van der Waals surface area contributed by atoms with Gasteiger partial charge in [-0.05, 0) is 61.9 Å². The third-order valence-corrected chi connectivity index (χ3v) is 6.25. The van der Waals surface area contributed by atoms with E-state index >= 15 is 0 Å². The smallest absolute Gasteiger partial charge is 0.368 e. The first-order chi connectivity index (χ1) is 16.1. The van der Waals surface area contributed by atoms with Gasteiger partial charge in [0.15, 0.2) is 0 Å². The van der Waals surface area contributed by atoms with Crippen molar-refractivity contribution in [3.05, 3.63) is 65.1 Å². The number of alkyl halides is 3. The Balaban J connectivity index is 1.59. The van der Waals surface area contributed by atoms with Crippen LogP contribution in [0.25, 0.3) is 5.69 Å². The molecule has 180 valence electrons. The number of halogens is 3. The molecule has 0 radical (unpaired) electrons. The maximum atomic E-state index is 13.8. The van der Waals surface area contributed by atoms with Gasteiger partial charge in [0.05, 0.1) is 29.6 Å². The van der Waals surface area contributed by atoms with Crippen molar-refractivity contribution in [1.82, 2.24) is 24.9 Å². The van der Waals surface area contributed by atoms with E-state index in [-0.39, 0.29) is 17.9 Å². The Bertz CT molecular complexity index is 1140. The highest BCUT2D eigenvalue weighted by atomic mass is 19.4. The zero-order chi connectivity index (χ0) is 24.5. The Morgan fingerprint density at radius 1 is 1.18 bits per heavy atom. The molecule has 7 nitrogen and oxygen atoms in total. The molecule has 4 rings (SSSR count). The summed E-state index contributed by atoms with van der Waals surface area (Å²) in [5.41, 5.74) is 2.24. The summed E-state index contributed by atoms with van der Waals surface area (Å²) in [5.74, 6) is 0.431. The van der Waals surface area contributed by atoms with E-state index < -0.39 is 11.7 Å². The number of hydrogen-bond donors (Lipinski definition) is 1. The Labute approximate surface area is 196 Å². The number of aryl methyl sites for hydroxylation is 2. The monoisotopic (exact) mass is 472 g/mol. The molecule has 1 aliphatic rings. The lowest BCUT2D eigenvalue weighted by molar-refractivity contribution is -0.137. The standard InChI is InChI=1S/C24H27F3N6O/c1-15-11-17(3)22(33-30-8-9-31-33)19(12-15)23(34)32-10-4-5-16(2)20(32)14-29-21-7-6-18(13-28-21)24(25,26)27/h6-9,11-13,16,20H,4-5,10,14H2,1-3H3,(H,28,29)/t16-,20-/m1/s1. The van der Waals surface area contributed by atoms with Gasteiger partial charge >= 0.3 is 6.18 Å². The molecule has 3 aromatic rings. The van der Waals surface area contributed by atoms with Crippen LogP contribution < -0.4 is 5.32 Å². The number of nitrogens with zero attached hydrogens (tertiary/aromatic N) is 5.